The summed E-state index contributed by atoms with van der Waals surface area (Å²) in [6, 6.07) is 49.0. The highest BCUT2D eigenvalue weighted by Crippen LogP contribution is 2.38. The second-order valence-electron chi connectivity index (χ2n) is 12.3. The summed E-state index contributed by atoms with van der Waals surface area (Å²) in [5, 5.41) is 2.28. The molecule has 0 aliphatic heterocycles. The minimum absolute atomic E-state index is 0.132. The number of hydrogen-bond acceptors (Lipinski definition) is 4. The molecular formula is C40H37NO3Si. The fraction of sp³-hybridized carbons (Fsp3) is 0.150. The number of carbonyl (C=O) groups excluding carboxylic acids is 1. The van der Waals surface area contributed by atoms with Gasteiger partial charge in [-0.25, -0.2) is 4.98 Å². The molecule has 0 saturated carbocycles. The van der Waals surface area contributed by atoms with Gasteiger partial charge in [-0.3, -0.25) is 4.79 Å². The average molecular weight is 608 g/mol. The van der Waals surface area contributed by atoms with Gasteiger partial charge in [0.2, 0.25) is 5.78 Å². The molecule has 0 N–H and O–H groups in total. The summed E-state index contributed by atoms with van der Waals surface area (Å²) in [5.74, 6) is 1.41. The first-order valence-electron chi connectivity index (χ1n) is 15.4. The number of aryl methyl sites for hydroxylation is 1. The van der Waals surface area contributed by atoms with Crippen molar-refractivity contribution in [2.75, 3.05) is 0 Å². The number of aromatic nitrogens is 1. The van der Waals surface area contributed by atoms with Gasteiger partial charge >= 0.3 is 8.32 Å². The topological polar surface area (TPSA) is 52.3 Å². The van der Waals surface area contributed by atoms with Gasteiger partial charge in [-0.1, -0.05) is 154 Å². The highest BCUT2D eigenvalue weighted by Gasteiger charge is 2.52. The molecule has 1 heterocycles. The summed E-state index contributed by atoms with van der Waals surface area (Å²) in [6.45, 7) is 6.81. The van der Waals surface area contributed by atoms with Crippen LogP contribution >= 0.6 is 0 Å². The molecule has 0 aliphatic carbocycles. The Balaban J connectivity index is 1.27. The van der Waals surface area contributed by atoms with E-state index in [-0.39, 0.29) is 23.1 Å². The van der Waals surface area contributed by atoms with Crippen LogP contribution in [0.4, 0.5) is 0 Å². The van der Waals surface area contributed by atoms with Crippen LogP contribution in [0, 0.1) is 0 Å². The molecule has 5 aromatic carbocycles. The largest absolute Gasteiger partial charge is 0.534 e. The summed E-state index contributed by atoms with van der Waals surface area (Å²) in [7, 11) is -2.77. The first-order chi connectivity index (χ1) is 21.8. The van der Waals surface area contributed by atoms with Crippen molar-refractivity contribution in [3.8, 4) is 28.3 Å². The van der Waals surface area contributed by atoms with Crippen molar-refractivity contribution < 1.29 is 13.6 Å². The van der Waals surface area contributed by atoms with E-state index in [4.69, 9.17) is 13.8 Å². The van der Waals surface area contributed by atoms with Crippen molar-refractivity contribution >= 4 is 24.5 Å². The van der Waals surface area contributed by atoms with E-state index in [1.165, 1.54) is 10.4 Å². The van der Waals surface area contributed by atoms with E-state index in [0.717, 1.165) is 22.4 Å². The number of ketones is 1. The summed E-state index contributed by atoms with van der Waals surface area (Å²) >= 11 is 0. The lowest BCUT2D eigenvalue weighted by atomic mass is 10.1. The third-order valence-corrected chi connectivity index (χ3v) is 13.1. The third-order valence-electron chi connectivity index (χ3n) is 8.18. The monoisotopic (exact) mass is 607 g/mol. The standard InChI is InChI=1S/C40H37NO3Si/c1-40(2,3)45(34-23-12-6-13-24-34,35-25-14-7-15-26-35)44-33-22-16-17-30(29-33)27-28-36(42)39-41-37(31-18-8-4-9-19-31)38(43-39)32-20-10-5-11-21-32/h4-26,29H,27-28H2,1-3H3. The lowest BCUT2D eigenvalue weighted by molar-refractivity contribution is 0.0950. The van der Waals surface area contributed by atoms with E-state index in [1.807, 2.05) is 91.0 Å². The van der Waals surface area contributed by atoms with Gasteiger partial charge in [-0.05, 0) is 39.5 Å². The Hall–Kier alpha value is -5.00. The number of rotatable bonds is 10. The maximum Gasteiger partial charge on any atom is 0.319 e. The molecule has 4 nitrogen and oxygen atoms in total. The summed E-state index contributed by atoms with van der Waals surface area (Å²) < 4.78 is 13.4. The van der Waals surface area contributed by atoms with Crippen LogP contribution in [0.1, 0.15) is 43.4 Å². The first kappa shape index (κ1) is 30.0. The average Bonchev–Trinajstić information content (AvgIpc) is 3.53. The quantitative estimate of drug-likeness (QED) is 0.115. The molecule has 45 heavy (non-hydrogen) atoms. The van der Waals surface area contributed by atoms with E-state index < -0.39 is 8.32 Å². The summed E-state index contributed by atoms with van der Waals surface area (Å²) in [6.07, 6.45) is 0.812. The maximum atomic E-state index is 13.5. The van der Waals surface area contributed by atoms with Crippen molar-refractivity contribution in [2.24, 2.45) is 0 Å². The lowest BCUT2D eigenvalue weighted by Gasteiger charge is -2.43. The lowest BCUT2D eigenvalue weighted by Crippen LogP contribution is -2.68. The van der Waals surface area contributed by atoms with Gasteiger partial charge in [-0.2, -0.15) is 0 Å². The van der Waals surface area contributed by atoms with Crippen molar-refractivity contribution in [3.05, 3.63) is 157 Å². The molecule has 0 aliphatic rings. The van der Waals surface area contributed by atoms with E-state index in [9.17, 15) is 4.79 Å². The van der Waals surface area contributed by atoms with Crippen molar-refractivity contribution in [1.29, 1.82) is 0 Å². The van der Waals surface area contributed by atoms with E-state index in [0.29, 0.717) is 17.9 Å². The Morgan fingerprint density at radius 1 is 0.689 bits per heavy atom. The Labute approximate surface area is 266 Å². The molecule has 0 bridgehead atoms. The van der Waals surface area contributed by atoms with E-state index in [1.54, 1.807) is 0 Å². The van der Waals surface area contributed by atoms with Crippen LogP contribution in [-0.4, -0.2) is 19.1 Å². The van der Waals surface area contributed by atoms with Crippen LogP contribution in [0.5, 0.6) is 5.75 Å². The van der Waals surface area contributed by atoms with Crippen LogP contribution in [0.3, 0.4) is 0 Å². The van der Waals surface area contributed by atoms with Crippen molar-refractivity contribution in [1.82, 2.24) is 4.98 Å². The zero-order chi connectivity index (χ0) is 31.3. The number of Topliss-reactive ketones (excluding diaryl/α,β-unsaturated/α-hetero) is 1. The minimum Gasteiger partial charge on any atom is -0.534 e. The molecule has 0 amide bonds. The van der Waals surface area contributed by atoms with Crippen molar-refractivity contribution in [3.63, 3.8) is 0 Å². The van der Waals surface area contributed by atoms with E-state index in [2.05, 4.69) is 75.4 Å². The van der Waals surface area contributed by atoms with Gasteiger partial charge in [-0.15, -0.1) is 0 Å². The number of carbonyl (C=O) groups is 1. The third kappa shape index (κ3) is 6.31. The van der Waals surface area contributed by atoms with Crippen LogP contribution in [-0.2, 0) is 6.42 Å². The first-order valence-corrected chi connectivity index (χ1v) is 17.3. The van der Waals surface area contributed by atoms with Gasteiger partial charge in [0.25, 0.3) is 5.89 Å². The molecule has 0 spiro atoms. The maximum absolute atomic E-state index is 13.5. The Morgan fingerprint density at radius 2 is 1.22 bits per heavy atom. The van der Waals surface area contributed by atoms with Gasteiger partial charge < -0.3 is 8.84 Å². The van der Waals surface area contributed by atoms with Crippen LogP contribution in [0.25, 0.3) is 22.6 Å². The van der Waals surface area contributed by atoms with Gasteiger partial charge in [0.1, 0.15) is 11.4 Å². The van der Waals surface area contributed by atoms with Gasteiger partial charge in [0.15, 0.2) is 5.76 Å². The zero-order valence-electron chi connectivity index (χ0n) is 25.9. The molecule has 1 aromatic heterocycles. The predicted octanol–water partition coefficient (Wildman–Crippen LogP) is 8.76. The molecule has 0 atom stereocenters. The van der Waals surface area contributed by atoms with E-state index >= 15 is 0 Å². The number of oxazole rings is 1. The van der Waals surface area contributed by atoms with Crippen LogP contribution in [0.2, 0.25) is 5.04 Å². The van der Waals surface area contributed by atoms with Crippen molar-refractivity contribution in [2.45, 2.75) is 38.7 Å². The molecular weight excluding hydrogens is 571 g/mol. The molecule has 224 valence electrons. The molecule has 6 rings (SSSR count). The minimum atomic E-state index is -2.77. The highest BCUT2D eigenvalue weighted by atomic mass is 28.4. The fourth-order valence-electron chi connectivity index (χ4n) is 5.97. The predicted molar refractivity (Wildman–Crippen MR) is 185 cm³/mol. The number of benzene rings is 5. The molecule has 0 saturated heterocycles. The molecule has 6 aromatic rings. The van der Waals surface area contributed by atoms with Crippen LogP contribution < -0.4 is 14.8 Å². The van der Waals surface area contributed by atoms with Gasteiger partial charge in [0, 0.05) is 17.5 Å². The zero-order valence-corrected chi connectivity index (χ0v) is 26.9. The normalized spacial score (nSPS) is 11.7. The second-order valence-corrected chi connectivity index (χ2v) is 16.5. The Kier molecular flexibility index (Phi) is 8.63. The smallest absolute Gasteiger partial charge is 0.319 e. The van der Waals surface area contributed by atoms with Crippen LogP contribution in [0.15, 0.2) is 150 Å². The molecule has 0 fully saturated rings. The molecule has 0 unspecified atom stereocenters. The summed E-state index contributed by atoms with van der Waals surface area (Å²) in [4.78, 5) is 18.2. The SMILES string of the molecule is CC(C)(C)[Si](Oc1cccc(CCC(=O)c2nc(-c3ccccc3)c(-c3ccccc3)o2)c1)(c1ccccc1)c1ccccc1. The fourth-order valence-corrected chi connectivity index (χ4v) is 10.4. The molecule has 0 radical (unpaired) electrons. The van der Waals surface area contributed by atoms with Gasteiger partial charge in [0.05, 0.1) is 0 Å². The molecule has 5 heteroatoms. The second kappa shape index (κ2) is 12.9. The number of nitrogens with zero attached hydrogens (tertiary/aromatic N) is 1. The Morgan fingerprint density at radius 3 is 1.78 bits per heavy atom. The highest BCUT2D eigenvalue weighted by molar-refractivity contribution is 7.00. The Bertz CT molecular complexity index is 1770. The summed E-state index contributed by atoms with van der Waals surface area (Å²) in [5.41, 5.74) is 3.49. The number of hydrogen-bond donors (Lipinski definition) is 0.